The minimum absolute atomic E-state index is 0.180. The summed E-state index contributed by atoms with van der Waals surface area (Å²) in [4.78, 5) is 23.0. The zero-order valence-electron chi connectivity index (χ0n) is 13.6. The number of nitrogens with one attached hydrogen (secondary N) is 1. The summed E-state index contributed by atoms with van der Waals surface area (Å²) >= 11 is 0. The summed E-state index contributed by atoms with van der Waals surface area (Å²) in [5.74, 6) is 0.124. The van der Waals surface area contributed by atoms with Crippen molar-refractivity contribution in [3.8, 4) is 0 Å². The van der Waals surface area contributed by atoms with E-state index in [4.69, 9.17) is 15.0 Å². The molecule has 3 N–H and O–H groups in total. The minimum atomic E-state index is -0.792. The standard InChI is InChI=1S/C15H25N3O4/c1-5-21-15(20)14(17-10(4)19)8-11-7-13(18-22-11)12(16)6-9(2)3/h7,9,12,14H,5-6,8,16H2,1-4H3,(H,17,19). The van der Waals surface area contributed by atoms with Crippen molar-refractivity contribution in [1.82, 2.24) is 10.5 Å². The number of hydrogen-bond acceptors (Lipinski definition) is 6. The van der Waals surface area contributed by atoms with Crippen molar-refractivity contribution in [1.29, 1.82) is 0 Å². The monoisotopic (exact) mass is 311 g/mol. The second-order valence-electron chi connectivity index (χ2n) is 5.66. The fourth-order valence-corrected chi connectivity index (χ4v) is 2.11. The Morgan fingerprint density at radius 3 is 2.68 bits per heavy atom. The lowest BCUT2D eigenvalue weighted by Crippen LogP contribution is -2.42. The number of amides is 1. The van der Waals surface area contributed by atoms with Crippen LogP contribution in [0.3, 0.4) is 0 Å². The van der Waals surface area contributed by atoms with Crippen molar-refractivity contribution in [2.24, 2.45) is 11.7 Å². The van der Waals surface area contributed by atoms with Crippen LogP contribution in [0.15, 0.2) is 10.6 Å². The van der Waals surface area contributed by atoms with Gasteiger partial charge in [0.15, 0.2) is 0 Å². The predicted molar refractivity (Wildman–Crippen MR) is 80.8 cm³/mol. The first-order valence-electron chi connectivity index (χ1n) is 7.48. The summed E-state index contributed by atoms with van der Waals surface area (Å²) in [7, 11) is 0. The summed E-state index contributed by atoms with van der Waals surface area (Å²) in [6.45, 7) is 7.45. The maximum Gasteiger partial charge on any atom is 0.329 e. The zero-order valence-corrected chi connectivity index (χ0v) is 13.6. The largest absolute Gasteiger partial charge is 0.464 e. The molecule has 22 heavy (non-hydrogen) atoms. The Hall–Kier alpha value is -1.89. The molecule has 0 spiro atoms. The lowest BCUT2D eigenvalue weighted by Gasteiger charge is -2.14. The molecular weight excluding hydrogens is 286 g/mol. The molecule has 2 atom stereocenters. The number of esters is 1. The third kappa shape index (κ3) is 5.85. The number of nitrogens with zero attached hydrogens (tertiary/aromatic N) is 1. The first-order chi connectivity index (χ1) is 10.3. The van der Waals surface area contributed by atoms with Gasteiger partial charge in [0.1, 0.15) is 17.5 Å². The van der Waals surface area contributed by atoms with Gasteiger partial charge in [-0.3, -0.25) is 4.79 Å². The Morgan fingerprint density at radius 2 is 2.14 bits per heavy atom. The van der Waals surface area contributed by atoms with Crippen LogP contribution in [0.1, 0.15) is 51.6 Å². The van der Waals surface area contributed by atoms with Gasteiger partial charge in [0.25, 0.3) is 0 Å². The molecule has 0 aromatic carbocycles. The zero-order chi connectivity index (χ0) is 16.7. The van der Waals surface area contributed by atoms with Gasteiger partial charge < -0.3 is 20.3 Å². The molecule has 7 heteroatoms. The topological polar surface area (TPSA) is 107 Å². The molecule has 0 aliphatic carbocycles. The molecule has 0 saturated carbocycles. The van der Waals surface area contributed by atoms with Crippen LogP contribution in [-0.4, -0.2) is 29.7 Å². The summed E-state index contributed by atoms with van der Waals surface area (Å²) in [6.07, 6.45) is 0.971. The van der Waals surface area contributed by atoms with Gasteiger partial charge in [-0.25, -0.2) is 4.79 Å². The second-order valence-corrected chi connectivity index (χ2v) is 5.66. The van der Waals surface area contributed by atoms with Gasteiger partial charge in [-0.05, 0) is 19.3 Å². The highest BCUT2D eigenvalue weighted by atomic mass is 16.5. The van der Waals surface area contributed by atoms with Crippen LogP contribution in [-0.2, 0) is 20.7 Å². The van der Waals surface area contributed by atoms with E-state index in [0.29, 0.717) is 17.4 Å². The number of carbonyl (C=O) groups is 2. The first kappa shape index (κ1) is 18.2. The number of hydrogen-bond donors (Lipinski definition) is 2. The smallest absolute Gasteiger partial charge is 0.329 e. The number of rotatable bonds is 8. The van der Waals surface area contributed by atoms with Crippen LogP contribution < -0.4 is 11.1 Å². The molecule has 2 unspecified atom stereocenters. The number of ether oxygens (including phenoxy) is 1. The normalized spacial score (nSPS) is 13.7. The highest BCUT2D eigenvalue weighted by molar-refractivity contribution is 5.83. The Kier molecular flexibility index (Phi) is 7.04. The molecule has 124 valence electrons. The van der Waals surface area contributed by atoms with Crippen molar-refractivity contribution in [2.45, 2.75) is 52.6 Å². The van der Waals surface area contributed by atoms with E-state index in [0.717, 1.165) is 6.42 Å². The van der Waals surface area contributed by atoms with Crippen LogP contribution >= 0.6 is 0 Å². The molecule has 0 saturated heterocycles. The van der Waals surface area contributed by atoms with Gasteiger partial charge in [-0.1, -0.05) is 19.0 Å². The van der Waals surface area contributed by atoms with E-state index in [1.54, 1.807) is 13.0 Å². The maximum absolute atomic E-state index is 11.8. The Morgan fingerprint density at radius 1 is 1.45 bits per heavy atom. The van der Waals surface area contributed by atoms with Gasteiger partial charge in [0.2, 0.25) is 5.91 Å². The Bertz CT molecular complexity index is 499. The molecular formula is C15H25N3O4. The van der Waals surface area contributed by atoms with E-state index >= 15 is 0 Å². The number of carbonyl (C=O) groups excluding carboxylic acids is 2. The molecule has 7 nitrogen and oxygen atoms in total. The van der Waals surface area contributed by atoms with Gasteiger partial charge in [-0.15, -0.1) is 0 Å². The summed E-state index contributed by atoms with van der Waals surface area (Å²) in [6, 6.07) is 0.722. The minimum Gasteiger partial charge on any atom is -0.464 e. The third-order valence-electron chi connectivity index (χ3n) is 3.04. The quantitative estimate of drug-likeness (QED) is 0.701. The first-order valence-corrected chi connectivity index (χ1v) is 7.48. The third-order valence-corrected chi connectivity index (χ3v) is 3.04. The molecule has 0 fully saturated rings. The molecule has 0 aliphatic heterocycles. The van der Waals surface area contributed by atoms with E-state index in [2.05, 4.69) is 24.3 Å². The van der Waals surface area contributed by atoms with Crippen molar-refractivity contribution in [2.75, 3.05) is 6.61 Å². The van der Waals surface area contributed by atoms with Crippen molar-refractivity contribution < 1.29 is 18.8 Å². The van der Waals surface area contributed by atoms with Crippen molar-refractivity contribution in [3.05, 3.63) is 17.5 Å². The van der Waals surface area contributed by atoms with Crippen LogP contribution in [0.25, 0.3) is 0 Å². The SMILES string of the molecule is CCOC(=O)C(Cc1cc(C(N)CC(C)C)no1)NC(C)=O. The highest BCUT2D eigenvalue weighted by Gasteiger charge is 2.24. The highest BCUT2D eigenvalue weighted by Crippen LogP contribution is 2.19. The Balaban J connectivity index is 2.75. The van der Waals surface area contributed by atoms with Gasteiger partial charge in [0, 0.05) is 19.4 Å². The molecule has 1 aromatic rings. The lowest BCUT2D eigenvalue weighted by atomic mass is 10.0. The van der Waals surface area contributed by atoms with E-state index in [9.17, 15) is 9.59 Å². The fourth-order valence-electron chi connectivity index (χ4n) is 2.11. The number of nitrogens with two attached hydrogens (primary N) is 1. The number of aromatic nitrogens is 1. The van der Waals surface area contributed by atoms with Crippen molar-refractivity contribution in [3.63, 3.8) is 0 Å². The average molecular weight is 311 g/mol. The Labute approximate surface area is 130 Å². The summed E-state index contributed by atoms with van der Waals surface area (Å²) < 4.78 is 10.2. The summed E-state index contributed by atoms with van der Waals surface area (Å²) in [5, 5.41) is 6.49. The van der Waals surface area contributed by atoms with Crippen LogP contribution in [0.2, 0.25) is 0 Å². The van der Waals surface area contributed by atoms with E-state index < -0.39 is 12.0 Å². The second kappa shape index (κ2) is 8.53. The van der Waals surface area contributed by atoms with Gasteiger partial charge in [-0.2, -0.15) is 0 Å². The molecule has 0 aliphatic rings. The maximum atomic E-state index is 11.8. The van der Waals surface area contributed by atoms with E-state index in [1.807, 2.05) is 0 Å². The van der Waals surface area contributed by atoms with Crippen LogP contribution in [0, 0.1) is 5.92 Å². The predicted octanol–water partition coefficient (Wildman–Crippen LogP) is 1.33. The summed E-state index contributed by atoms with van der Waals surface area (Å²) in [5.41, 5.74) is 6.69. The van der Waals surface area contributed by atoms with Gasteiger partial charge >= 0.3 is 5.97 Å². The fraction of sp³-hybridized carbons (Fsp3) is 0.667. The van der Waals surface area contributed by atoms with Crippen molar-refractivity contribution >= 4 is 11.9 Å². The van der Waals surface area contributed by atoms with Gasteiger partial charge in [0.05, 0.1) is 12.6 Å². The molecule has 1 amide bonds. The molecule has 0 bridgehead atoms. The molecule has 0 radical (unpaired) electrons. The van der Waals surface area contributed by atoms with E-state index in [1.165, 1.54) is 6.92 Å². The molecule has 1 heterocycles. The van der Waals surface area contributed by atoms with Crippen LogP contribution in [0.4, 0.5) is 0 Å². The molecule has 1 rings (SSSR count). The lowest BCUT2D eigenvalue weighted by molar-refractivity contribution is -0.147. The van der Waals surface area contributed by atoms with E-state index in [-0.39, 0.29) is 25.0 Å². The molecule has 1 aromatic heterocycles. The van der Waals surface area contributed by atoms with Crippen LogP contribution in [0.5, 0.6) is 0 Å². The average Bonchev–Trinajstić information content (AvgIpc) is 2.85.